The Morgan fingerprint density at radius 2 is 1.81 bits per heavy atom. The van der Waals surface area contributed by atoms with Crippen molar-refractivity contribution in [2.75, 3.05) is 20.3 Å². The molecule has 0 saturated carbocycles. The van der Waals surface area contributed by atoms with Crippen molar-refractivity contribution in [3.8, 4) is 22.4 Å². The second kappa shape index (κ2) is 10.4. The molecular weight excluding hydrogens is 422 g/mol. The number of rotatable bonds is 9. The molecule has 32 heavy (non-hydrogen) atoms. The highest BCUT2D eigenvalue weighted by molar-refractivity contribution is 6.33. The number of ether oxygens (including phenoxy) is 1. The summed E-state index contributed by atoms with van der Waals surface area (Å²) in [6.07, 6.45) is 3.82. The van der Waals surface area contributed by atoms with Gasteiger partial charge in [0, 0.05) is 49.0 Å². The van der Waals surface area contributed by atoms with Crippen LogP contribution in [0.2, 0.25) is 5.02 Å². The predicted octanol–water partition coefficient (Wildman–Crippen LogP) is 5.41. The van der Waals surface area contributed by atoms with E-state index >= 15 is 0 Å². The summed E-state index contributed by atoms with van der Waals surface area (Å²) in [6, 6.07) is 21.9. The first-order valence-corrected chi connectivity index (χ1v) is 11.1. The van der Waals surface area contributed by atoms with Crippen molar-refractivity contribution in [2.24, 2.45) is 0 Å². The van der Waals surface area contributed by atoms with Crippen molar-refractivity contribution in [2.45, 2.75) is 19.3 Å². The first-order chi connectivity index (χ1) is 15.7. The third-order valence-electron chi connectivity index (χ3n) is 5.39. The summed E-state index contributed by atoms with van der Waals surface area (Å²) in [7, 11) is 1.66. The topological polar surface area (TPSA) is 55.6 Å². The van der Waals surface area contributed by atoms with Gasteiger partial charge in [0.2, 0.25) is 5.91 Å². The molecule has 0 aliphatic heterocycles. The number of fused-ring (bicyclic) bond motifs is 1. The quantitative estimate of drug-likeness (QED) is 0.349. The van der Waals surface area contributed by atoms with E-state index in [0.29, 0.717) is 31.0 Å². The summed E-state index contributed by atoms with van der Waals surface area (Å²) in [4.78, 5) is 17.3. The van der Waals surface area contributed by atoms with Gasteiger partial charge in [0.1, 0.15) is 5.65 Å². The number of nitrogens with one attached hydrogen (secondary N) is 1. The van der Waals surface area contributed by atoms with Crippen LogP contribution < -0.4 is 5.32 Å². The van der Waals surface area contributed by atoms with Crippen molar-refractivity contribution in [3.05, 3.63) is 83.6 Å². The molecule has 2 heterocycles. The van der Waals surface area contributed by atoms with Gasteiger partial charge in [0.05, 0.1) is 11.4 Å². The highest BCUT2D eigenvalue weighted by Gasteiger charge is 2.16. The van der Waals surface area contributed by atoms with Crippen LogP contribution in [0, 0.1) is 0 Å². The van der Waals surface area contributed by atoms with Gasteiger partial charge >= 0.3 is 0 Å². The predicted molar refractivity (Wildman–Crippen MR) is 129 cm³/mol. The lowest BCUT2D eigenvalue weighted by Gasteiger charge is -2.09. The van der Waals surface area contributed by atoms with Crippen LogP contribution in [0.5, 0.6) is 0 Å². The summed E-state index contributed by atoms with van der Waals surface area (Å²) < 4.78 is 7.12. The van der Waals surface area contributed by atoms with E-state index in [1.165, 1.54) is 0 Å². The zero-order valence-electron chi connectivity index (χ0n) is 18.1. The fourth-order valence-electron chi connectivity index (χ4n) is 3.78. The maximum Gasteiger partial charge on any atom is 0.220 e. The molecule has 0 saturated heterocycles. The Labute approximate surface area is 193 Å². The molecule has 2 aromatic heterocycles. The lowest BCUT2D eigenvalue weighted by Crippen LogP contribution is -2.25. The largest absolute Gasteiger partial charge is 0.385 e. The average Bonchev–Trinajstić information content (AvgIpc) is 3.19. The monoisotopic (exact) mass is 447 g/mol. The molecule has 0 atom stereocenters. The van der Waals surface area contributed by atoms with E-state index < -0.39 is 0 Å². The molecule has 0 bridgehead atoms. The second-order valence-corrected chi connectivity index (χ2v) is 8.00. The number of aryl methyl sites for hydroxylation is 1. The molecule has 0 aliphatic carbocycles. The number of carbonyl (C=O) groups is 1. The molecule has 5 nitrogen and oxygen atoms in total. The zero-order chi connectivity index (χ0) is 22.3. The van der Waals surface area contributed by atoms with E-state index in [4.69, 9.17) is 21.3 Å². The molecule has 0 aliphatic rings. The van der Waals surface area contributed by atoms with Crippen LogP contribution in [0.25, 0.3) is 28.0 Å². The Kier molecular flexibility index (Phi) is 7.20. The van der Waals surface area contributed by atoms with Crippen LogP contribution in [0.4, 0.5) is 0 Å². The van der Waals surface area contributed by atoms with Crippen molar-refractivity contribution in [3.63, 3.8) is 0 Å². The second-order valence-electron chi connectivity index (χ2n) is 7.60. The lowest BCUT2D eigenvalue weighted by molar-refractivity contribution is -0.121. The van der Waals surface area contributed by atoms with Gasteiger partial charge in [0.25, 0.3) is 0 Å². The van der Waals surface area contributed by atoms with Crippen LogP contribution in [-0.4, -0.2) is 35.6 Å². The highest BCUT2D eigenvalue weighted by Crippen LogP contribution is 2.31. The number of methoxy groups -OCH3 is 1. The van der Waals surface area contributed by atoms with Gasteiger partial charge in [-0.2, -0.15) is 0 Å². The maximum absolute atomic E-state index is 12.4. The summed E-state index contributed by atoms with van der Waals surface area (Å²) in [6.45, 7) is 1.25. The third-order valence-corrected chi connectivity index (χ3v) is 5.72. The van der Waals surface area contributed by atoms with Crippen LogP contribution >= 0.6 is 11.6 Å². The first-order valence-electron chi connectivity index (χ1n) is 10.7. The number of pyridine rings is 1. The third kappa shape index (κ3) is 5.01. The molecule has 0 radical (unpaired) electrons. The number of hydrogen-bond acceptors (Lipinski definition) is 3. The minimum Gasteiger partial charge on any atom is -0.385 e. The molecule has 4 rings (SSSR count). The van der Waals surface area contributed by atoms with E-state index in [1.54, 1.807) is 7.11 Å². The van der Waals surface area contributed by atoms with Gasteiger partial charge in [-0.25, -0.2) is 4.98 Å². The number of halogens is 1. The van der Waals surface area contributed by atoms with E-state index in [1.807, 2.05) is 66.7 Å². The van der Waals surface area contributed by atoms with Gasteiger partial charge < -0.3 is 14.5 Å². The van der Waals surface area contributed by atoms with Gasteiger partial charge in [-0.05, 0) is 36.6 Å². The van der Waals surface area contributed by atoms with Gasteiger partial charge in [-0.1, -0.05) is 60.1 Å². The van der Waals surface area contributed by atoms with Crippen molar-refractivity contribution < 1.29 is 9.53 Å². The Bertz CT molecular complexity index is 1200. The van der Waals surface area contributed by atoms with Crippen molar-refractivity contribution in [1.82, 2.24) is 14.7 Å². The van der Waals surface area contributed by atoms with Gasteiger partial charge in [-0.3, -0.25) is 4.79 Å². The molecule has 1 N–H and O–H groups in total. The number of carbonyl (C=O) groups excluding carboxylic acids is 1. The van der Waals surface area contributed by atoms with Gasteiger partial charge in [0.15, 0.2) is 0 Å². The minimum atomic E-state index is 0.0253. The lowest BCUT2D eigenvalue weighted by atomic mass is 10.1. The molecule has 4 aromatic rings. The van der Waals surface area contributed by atoms with Crippen LogP contribution in [0.15, 0.2) is 72.9 Å². The van der Waals surface area contributed by atoms with Crippen molar-refractivity contribution >= 4 is 23.2 Å². The molecule has 1 amide bonds. The van der Waals surface area contributed by atoms with E-state index in [2.05, 4.69) is 15.9 Å². The standard InChI is InChI=1S/C26H26ClN3O2/c1-32-17-7-16-28-25(31)15-13-23-26(19-8-3-2-4-9-19)29-24-14-12-20(18-30(23)24)21-10-5-6-11-22(21)27/h2-6,8-12,14,18H,7,13,15-17H2,1H3,(H,28,31). The van der Waals surface area contributed by atoms with E-state index in [-0.39, 0.29) is 5.91 Å². The summed E-state index contributed by atoms with van der Waals surface area (Å²) in [5.74, 6) is 0.0253. The number of imidazole rings is 1. The Morgan fingerprint density at radius 3 is 2.59 bits per heavy atom. The average molecular weight is 448 g/mol. The molecule has 0 fully saturated rings. The summed E-state index contributed by atoms with van der Waals surface area (Å²) in [5, 5.41) is 3.67. The Balaban J connectivity index is 1.68. The molecule has 0 unspecified atom stereocenters. The SMILES string of the molecule is COCCCNC(=O)CCc1c(-c2ccccc2)nc2ccc(-c3ccccc3Cl)cn12. The maximum atomic E-state index is 12.4. The minimum absolute atomic E-state index is 0.0253. The Hall–Kier alpha value is -3.15. The summed E-state index contributed by atoms with van der Waals surface area (Å²) >= 11 is 6.44. The highest BCUT2D eigenvalue weighted by atomic mass is 35.5. The zero-order valence-corrected chi connectivity index (χ0v) is 18.8. The van der Waals surface area contributed by atoms with E-state index in [9.17, 15) is 4.79 Å². The Morgan fingerprint density at radius 1 is 1.03 bits per heavy atom. The van der Waals surface area contributed by atoms with Gasteiger partial charge in [-0.15, -0.1) is 0 Å². The molecule has 0 spiro atoms. The molecular formula is C26H26ClN3O2. The van der Waals surface area contributed by atoms with Crippen LogP contribution in [-0.2, 0) is 16.0 Å². The van der Waals surface area contributed by atoms with Crippen LogP contribution in [0.1, 0.15) is 18.5 Å². The number of amides is 1. The summed E-state index contributed by atoms with van der Waals surface area (Å²) in [5.41, 5.74) is 5.75. The molecule has 6 heteroatoms. The smallest absolute Gasteiger partial charge is 0.220 e. The normalized spacial score (nSPS) is 11.1. The number of hydrogen-bond donors (Lipinski definition) is 1. The molecule has 164 valence electrons. The first kappa shape index (κ1) is 22.1. The van der Waals surface area contributed by atoms with E-state index in [0.717, 1.165) is 40.1 Å². The number of benzene rings is 2. The van der Waals surface area contributed by atoms with Crippen LogP contribution in [0.3, 0.4) is 0 Å². The fourth-order valence-corrected chi connectivity index (χ4v) is 4.02. The number of nitrogens with zero attached hydrogens (tertiary/aromatic N) is 2. The fraction of sp³-hybridized carbons (Fsp3) is 0.231. The molecule has 2 aromatic carbocycles. The van der Waals surface area contributed by atoms with Crippen molar-refractivity contribution in [1.29, 1.82) is 0 Å². The number of aromatic nitrogens is 2.